The first-order chi connectivity index (χ1) is 15.1. The molecule has 0 unspecified atom stereocenters. The SMILES string of the molecule is O=S(=O)(c1ccc(N2CCN(Cc3nc4ccccc4s3)CC2)nc1)N1CCOCC1. The van der Waals surface area contributed by atoms with Crippen molar-refractivity contribution < 1.29 is 13.2 Å². The Morgan fingerprint density at radius 3 is 2.45 bits per heavy atom. The van der Waals surface area contributed by atoms with Crippen molar-refractivity contribution in [2.45, 2.75) is 11.4 Å². The van der Waals surface area contributed by atoms with Crippen molar-refractivity contribution in [3.05, 3.63) is 47.6 Å². The maximum absolute atomic E-state index is 12.8. The normalized spacial score (nSPS) is 19.2. The lowest BCUT2D eigenvalue weighted by atomic mass is 10.3. The molecule has 2 fully saturated rings. The molecule has 4 heterocycles. The highest BCUT2D eigenvalue weighted by molar-refractivity contribution is 7.89. The zero-order valence-electron chi connectivity index (χ0n) is 17.2. The summed E-state index contributed by atoms with van der Waals surface area (Å²) in [7, 11) is -3.51. The Morgan fingerprint density at radius 1 is 0.968 bits per heavy atom. The van der Waals surface area contributed by atoms with Gasteiger partial charge >= 0.3 is 0 Å². The van der Waals surface area contributed by atoms with Gasteiger partial charge in [-0.25, -0.2) is 18.4 Å². The first-order valence-electron chi connectivity index (χ1n) is 10.5. The van der Waals surface area contributed by atoms with E-state index in [1.807, 2.05) is 18.2 Å². The van der Waals surface area contributed by atoms with Gasteiger partial charge in [0.15, 0.2) is 0 Å². The highest BCUT2D eigenvalue weighted by Crippen LogP contribution is 2.24. The summed E-state index contributed by atoms with van der Waals surface area (Å²) in [6, 6.07) is 11.7. The molecule has 0 atom stereocenters. The molecule has 0 amide bonds. The Hall–Kier alpha value is -2.11. The Labute approximate surface area is 186 Å². The minimum atomic E-state index is -3.51. The highest BCUT2D eigenvalue weighted by Gasteiger charge is 2.27. The summed E-state index contributed by atoms with van der Waals surface area (Å²) in [5, 5.41) is 1.14. The fraction of sp³-hybridized carbons (Fsp3) is 0.429. The van der Waals surface area contributed by atoms with Crippen molar-refractivity contribution in [1.29, 1.82) is 0 Å². The first-order valence-corrected chi connectivity index (χ1v) is 12.7. The Morgan fingerprint density at radius 2 is 1.74 bits per heavy atom. The van der Waals surface area contributed by atoms with Crippen LogP contribution in [0.3, 0.4) is 0 Å². The molecule has 0 bridgehead atoms. The van der Waals surface area contributed by atoms with E-state index in [2.05, 4.69) is 26.9 Å². The first kappa shape index (κ1) is 20.8. The van der Waals surface area contributed by atoms with Crippen LogP contribution in [0.15, 0.2) is 47.5 Å². The second-order valence-electron chi connectivity index (χ2n) is 7.71. The van der Waals surface area contributed by atoms with E-state index in [0.717, 1.165) is 49.1 Å². The zero-order valence-corrected chi connectivity index (χ0v) is 18.8. The van der Waals surface area contributed by atoms with E-state index in [-0.39, 0.29) is 4.90 Å². The fourth-order valence-electron chi connectivity index (χ4n) is 3.96. The second kappa shape index (κ2) is 8.79. The van der Waals surface area contributed by atoms with Crippen molar-refractivity contribution >= 4 is 37.4 Å². The quantitative estimate of drug-likeness (QED) is 0.578. The smallest absolute Gasteiger partial charge is 0.244 e. The Kier molecular flexibility index (Phi) is 5.89. The van der Waals surface area contributed by atoms with Gasteiger partial charge in [0.2, 0.25) is 10.0 Å². The van der Waals surface area contributed by atoms with Crippen molar-refractivity contribution in [3.8, 4) is 0 Å². The van der Waals surface area contributed by atoms with Crippen LogP contribution in [0.25, 0.3) is 10.2 Å². The van der Waals surface area contributed by atoms with E-state index in [4.69, 9.17) is 9.72 Å². The monoisotopic (exact) mass is 459 g/mol. The van der Waals surface area contributed by atoms with E-state index in [1.54, 1.807) is 17.4 Å². The number of sulfonamides is 1. The van der Waals surface area contributed by atoms with Crippen LogP contribution in [-0.4, -0.2) is 80.1 Å². The number of anilines is 1. The number of benzene rings is 1. The van der Waals surface area contributed by atoms with Gasteiger partial charge in [0.1, 0.15) is 15.7 Å². The topological polar surface area (TPSA) is 78.9 Å². The molecule has 10 heteroatoms. The van der Waals surface area contributed by atoms with Crippen LogP contribution in [0.5, 0.6) is 0 Å². The van der Waals surface area contributed by atoms with E-state index < -0.39 is 10.0 Å². The molecule has 3 aromatic rings. The van der Waals surface area contributed by atoms with Crippen LogP contribution in [-0.2, 0) is 21.3 Å². The van der Waals surface area contributed by atoms with Gasteiger partial charge < -0.3 is 9.64 Å². The number of para-hydroxylation sites is 1. The standard InChI is InChI=1S/C21H25N5O3S2/c27-31(28,26-11-13-29-14-12-26)17-5-6-20(22-15-17)25-9-7-24(8-10-25)16-21-23-18-3-1-2-4-19(18)30-21/h1-6,15H,7-14,16H2. The molecule has 2 aliphatic rings. The van der Waals surface area contributed by atoms with Gasteiger partial charge in [-0.2, -0.15) is 4.31 Å². The summed E-state index contributed by atoms with van der Waals surface area (Å²) in [5.41, 5.74) is 1.07. The number of fused-ring (bicyclic) bond motifs is 1. The summed E-state index contributed by atoms with van der Waals surface area (Å²) >= 11 is 1.76. The third kappa shape index (κ3) is 4.44. The van der Waals surface area contributed by atoms with E-state index in [9.17, 15) is 8.42 Å². The van der Waals surface area contributed by atoms with Gasteiger partial charge in [0.05, 0.1) is 30.0 Å². The number of piperazine rings is 1. The van der Waals surface area contributed by atoms with E-state index in [1.165, 1.54) is 15.2 Å². The molecule has 1 aromatic carbocycles. The van der Waals surface area contributed by atoms with Crippen molar-refractivity contribution in [1.82, 2.24) is 19.2 Å². The average Bonchev–Trinajstić information content (AvgIpc) is 3.22. The molecular formula is C21H25N5O3S2. The zero-order chi connectivity index (χ0) is 21.3. The van der Waals surface area contributed by atoms with Gasteiger partial charge in [-0.1, -0.05) is 12.1 Å². The fourth-order valence-corrected chi connectivity index (χ4v) is 6.33. The van der Waals surface area contributed by atoms with Gasteiger partial charge in [-0.15, -0.1) is 11.3 Å². The van der Waals surface area contributed by atoms with Crippen molar-refractivity contribution in [3.63, 3.8) is 0 Å². The average molecular weight is 460 g/mol. The number of morpholine rings is 1. The summed E-state index contributed by atoms with van der Waals surface area (Å²) in [6.45, 7) is 6.06. The molecule has 2 aliphatic heterocycles. The Bertz CT molecular complexity index is 1100. The third-order valence-corrected chi connectivity index (χ3v) is 8.63. The number of aromatic nitrogens is 2. The summed E-state index contributed by atoms with van der Waals surface area (Å²) in [4.78, 5) is 14.1. The molecule has 0 radical (unpaired) electrons. The van der Waals surface area contributed by atoms with Gasteiger partial charge in [-0.05, 0) is 24.3 Å². The maximum Gasteiger partial charge on any atom is 0.244 e. The van der Waals surface area contributed by atoms with Gasteiger partial charge in [0, 0.05) is 45.5 Å². The molecular weight excluding hydrogens is 434 g/mol. The number of hydrogen-bond donors (Lipinski definition) is 0. The number of ether oxygens (including phenoxy) is 1. The maximum atomic E-state index is 12.8. The molecule has 2 aromatic heterocycles. The number of pyridine rings is 1. The minimum absolute atomic E-state index is 0.243. The van der Waals surface area contributed by atoms with E-state index >= 15 is 0 Å². The Balaban J connectivity index is 1.19. The molecule has 2 saturated heterocycles. The highest BCUT2D eigenvalue weighted by atomic mass is 32.2. The molecule has 8 nitrogen and oxygen atoms in total. The van der Waals surface area contributed by atoms with Crippen LogP contribution in [0.4, 0.5) is 5.82 Å². The predicted octanol–water partition coefficient (Wildman–Crippen LogP) is 2.03. The van der Waals surface area contributed by atoms with Crippen LogP contribution in [0.1, 0.15) is 5.01 Å². The van der Waals surface area contributed by atoms with Crippen LogP contribution in [0.2, 0.25) is 0 Å². The second-order valence-corrected chi connectivity index (χ2v) is 10.8. The summed E-state index contributed by atoms with van der Waals surface area (Å²) in [6.07, 6.45) is 1.48. The molecule has 164 valence electrons. The lowest BCUT2D eigenvalue weighted by molar-refractivity contribution is 0.0730. The van der Waals surface area contributed by atoms with Crippen LogP contribution < -0.4 is 4.90 Å². The van der Waals surface area contributed by atoms with E-state index in [0.29, 0.717) is 26.3 Å². The molecule has 0 N–H and O–H groups in total. The minimum Gasteiger partial charge on any atom is -0.379 e. The number of thiazole rings is 1. The summed E-state index contributed by atoms with van der Waals surface area (Å²) < 4.78 is 33.5. The third-order valence-electron chi connectivity index (χ3n) is 5.72. The lowest BCUT2D eigenvalue weighted by Crippen LogP contribution is -2.46. The van der Waals surface area contributed by atoms with Crippen LogP contribution in [0, 0.1) is 0 Å². The van der Waals surface area contributed by atoms with Crippen molar-refractivity contribution in [2.75, 3.05) is 57.4 Å². The molecule has 31 heavy (non-hydrogen) atoms. The molecule has 0 aliphatic carbocycles. The predicted molar refractivity (Wildman–Crippen MR) is 121 cm³/mol. The van der Waals surface area contributed by atoms with Gasteiger partial charge in [0.25, 0.3) is 0 Å². The number of rotatable bonds is 5. The van der Waals surface area contributed by atoms with Crippen molar-refractivity contribution in [2.24, 2.45) is 0 Å². The molecule has 5 rings (SSSR count). The molecule has 0 spiro atoms. The lowest BCUT2D eigenvalue weighted by Gasteiger charge is -2.35. The summed E-state index contributed by atoms with van der Waals surface area (Å²) in [5.74, 6) is 0.820. The largest absolute Gasteiger partial charge is 0.379 e. The number of nitrogens with zero attached hydrogens (tertiary/aromatic N) is 5. The van der Waals surface area contributed by atoms with Crippen LogP contribution >= 0.6 is 11.3 Å². The molecule has 0 saturated carbocycles. The van der Waals surface area contributed by atoms with Gasteiger partial charge in [-0.3, -0.25) is 4.90 Å². The number of hydrogen-bond acceptors (Lipinski definition) is 8.